The highest BCUT2D eigenvalue weighted by Crippen LogP contribution is 2.24. The summed E-state index contributed by atoms with van der Waals surface area (Å²) in [7, 11) is -5.31. The minimum atomic E-state index is -2.02. The van der Waals surface area contributed by atoms with Crippen LogP contribution in [0.15, 0.2) is 25.3 Å². The molecule has 0 saturated carbocycles. The normalized spacial score (nSPS) is 13.5. The van der Waals surface area contributed by atoms with Gasteiger partial charge in [0.05, 0.1) is 0 Å². The fraction of sp³-hybridized carbons (Fsp3) is 0.667. The monoisotopic (exact) mass is 288 g/mol. The molecule has 0 amide bonds. The molecule has 0 saturated heterocycles. The van der Waals surface area contributed by atoms with E-state index in [0.29, 0.717) is 0 Å². The summed E-state index contributed by atoms with van der Waals surface area (Å²) < 4.78 is 12.7. The van der Waals surface area contributed by atoms with Crippen LogP contribution in [0.1, 0.15) is 0 Å². The van der Waals surface area contributed by atoms with Gasteiger partial charge in [-0.3, -0.25) is 0 Å². The van der Waals surface area contributed by atoms with E-state index in [1.807, 2.05) is 12.2 Å². The predicted molar refractivity (Wildman–Crippen MR) is 84.6 cm³/mol. The Bertz CT molecular complexity index is 247. The molecule has 0 aromatic rings. The second kappa shape index (κ2) is 6.29. The maximum atomic E-state index is 6.33. The molecule has 5 heteroatoms. The van der Waals surface area contributed by atoms with Crippen LogP contribution in [0.2, 0.25) is 51.4 Å². The minimum absolute atomic E-state index is 0.982. The molecule has 0 heterocycles. The lowest BCUT2D eigenvalue weighted by Gasteiger charge is -2.38. The van der Waals surface area contributed by atoms with Crippen molar-refractivity contribution in [3.63, 3.8) is 0 Å². The van der Waals surface area contributed by atoms with Gasteiger partial charge in [0.15, 0.2) is 16.6 Å². The third-order valence-electron chi connectivity index (χ3n) is 2.32. The van der Waals surface area contributed by atoms with E-state index >= 15 is 0 Å². The zero-order chi connectivity index (χ0) is 13.7. The molecule has 0 N–H and O–H groups in total. The van der Waals surface area contributed by atoms with Gasteiger partial charge in [0.2, 0.25) is 0 Å². The van der Waals surface area contributed by atoms with Crippen molar-refractivity contribution >= 4 is 25.2 Å². The summed E-state index contributed by atoms with van der Waals surface area (Å²) in [5.41, 5.74) is 0. The molecule has 0 aliphatic heterocycles. The van der Waals surface area contributed by atoms with Crippen LogP contribution in [0.25, 0.3) is 0 Å². The first-order valence-electron chi connectivity index (χ1n) is 6.16. The van der Waals surface area contributed by atoms with Crippen LogP contribution < -0.4 is 0 Å². The van der Waals surface area contributed by atoms with Crippen LogP contribution >= 0.6 is 0 Å². The van der Waals surface area contributed by atoms with Gasteiger partial charge in [-0.25, -0.2) is 0 Å². The summed E-state index contributed by atoms with van der Waals surface area (Å²) in [6.45, 7) is 20.8. The van der Waals surface area contributed by atoms with Gasteiger partial charge in [-0.2, -0.15) is 0 Å². The van der Waals surface area contributed by atoms with Crippen LogP contribution in [0.4, 0.5) is 0 Å². The zero-order valence-corrected chi connectivity index (χ0v) is 15.3. The number of hydrogen-bond acceptors (Lipinski definition) is 2. The van der Waals surface area contributed by atoms with E-state index < -0.39 is 25.2 Å². The Kier molecular flexibility index (Phi) is 6.30. The first-order chi connectivity index (χ1) is 7.54. The summed E-state index contributed by atoms with van der Waals surface area (Å²) in [6, 6.07) is 1.96. The van der Waals surface area contributed by atoms with Gasteiger partial charge in [0.1, 0.15) is 0 Å². The van der Waals surface area contributed by atoms with Gasteiger partial charge in [-0.05, 0) is 51.4 Å². The minimum Gasteiger partial charge on any atom is -0.436 e. The first kappa shape index (κ1) is 17.1. The topological polar surface area (TPSA) is 18.5 Å². The van der Waals surface area contributed by atoms with E-state index in [9.17, 15) is 0 Å². The lowest BCUT2D eigenvalue weighted by atomic mass is 10.8. The molecule has 0 radical (unpaired) electrons. The number of hydrogen-bond donors (Lipinski definition) is 0. The van der Waals surface area contributed by atoms with Gasteiger partial charge in [-0.15, -0.1) is 13.2 Å². The third kappa shape index (κ3) is 7.88. The summed E-state index contributed by atoms with van der Waals surface area (Å²) in [5.74, 6) is 0. The lowest BCUT2D eigenvalue weighted by molar-refractivity contribution is 0.392. The zero-order valence-electron chi connectivity index (χ0n) is 12.3. The van der Waals surface area contributed by atoms with Gasteiger partial charge in [0.25, 0.3) is 0 Å². The smallest absolute Gasteiger partial charge is 0.311 e. The second-order valence-corrected chi connectivity index (χ2v) is 18.4. The van der Waals surface area contributed by atoms with Crippen LogP contribution in [0, 0.1) is 0 Å². The molecule has 0 fully saturated rings. The molecule has 0 aliphatic carbocycles. The Hall–Kier alpha value is 0.0506. The Balaban J connectivity index is 4.57. The number of rotatable bonds is 8. The van der Waals surface area contributed by atoms with Crippen molar-refractivity contribution in [3.8, 4) is 0 Å². The summed E-state index contributed by atoms with van der Waals surface area (Å²) in [6.07, 6.45) is 3.92. The van der Waals surface area contributed by atoms with Crippen molar-refractivity contribution in [2.24, 2.45) is 0 Å². The van der Waals surface area contributed by atoms with Gasteiger partial charge in [-0.1, -0.05) is 12.2 Å². The Morgan fingerprint density at radius 1 is 0.765 bits per heavy atom. The molecule has 0 aromatic carbocycles. The first-order valence-corrected chi connectivity index (χ1v) is 15.2. The van der Waals surface area contributed by atoms with Crippen molar-refractivity contribution in [2.75, 3.05) is 0 Å². The largest absolute Gasteiger partial charge is 0.436 e. The van der Waals surface area contributed by atoms with E-state index in [1.165, 1.54) is 0 Å². The van der Waals surface area contributed by atoms with Crippen LogP contribution in [-0.2, 0) is 8.23 Å². The van der Waals surface area contributed by atoms with Crippen molar-refractivity contribution in [1.82, 2.24) is 0 Å². The SMILES string of the molecule is C=CC[Si](C)(C)O[Si](C)(C)O[Si](C)(C)CC=C. The summed E-state index contributed by atoms with van der Waals surface area (Å²) >= 11 is 0. The third-order valence-corrected chi connectivity index (χ3v) is 13.2. The average molecular weight is 289 g/mol. The summed E-state index contributed by atoms with van der Waals surface area (Å²) in [5, 5.41) is 0. The van der Waals surface area contributed by atoms with Crippen molar-refractivity contribution in [1.29, 1.82) is 0 Å². The summed E-state index contributed by atoms with van der Waals surface area (Å²) in [4.78, 5) is 0. The van der Waals surface area contributed by atoms with Crippen molar-refractivity contribution < 1.29 is 8.23 Å². The molecule has 2 nitrogen and oxygen atoms in total. The van der Waals surface area contributed by atoms with Crippen LogP contribution in [0.3, 0.4) is 0 Å². The van der Waals surface area contributed by atoms with Crippen molar-refractivity contribution in [2.45, 2.75) is 51.4 Å². The molecular formula is C12H28O2Si3. The quantitative estimate of drug-likeness (QED) is 0.483. The molecular weight excluding hydrogens is 260 g/mol. The maximum absolute atomic E-state index is 6.33. The van der Waals surface area contributed by atoms with Gasteiger partial charge in [0, 0.05) is 0 Å². The van der Waals surface area contributed by atoms with Crippen LogP contribution in [-0.4, -0.2) is 25.2 Å². The fourth-order valence-corrected chi connectivity index (χ4v) is 15.4. The molecule has 0 spiro atoms. The maximum Gasteiger partial charge on any atom is 0.311 e. The van der Waals surface area contributed by atoms with E-state index in [1.54, 1.807) is 0 Å². The molecule has 100 valence electrons. The Morgan fingerprint density at radius 3 is 1.29 bits per heavy atom. The molecule has 0 aromatic heterocycles. The molecule has 0 rings (SSSR count). The van der Waals surface area contributed by atoms with Crippen LogP contribution in [0.5, 0.6) is 0 Å². The highest BCUT2D eigenvalue weighted by Gasteiger charge is 2.38. The van der Waals surface area contributed by atoms with E-state index in [-0.39, 0.29) is 0 Å². The van der Waals surface area contributed by atoms with Crippen molar-refractivity contribution in [3.05, 3.63) is 25.3 Å². The van der Waals surface area contributed by atoms with Gasteiger partial charge >= 0.3 is 8.56 Å². The fourth-order valence-electron chi connectivity index (χ4n) is 2.13. The number of allylic oxidation sites excluding steroid dienone is 2. The predicted octanol–water partition coefficient (Wildman–Crippen LogP) is 4.50. The average Bonchev–Trinajstić information content (AvgIpc) is 1.96. The molecule has 0 aliphatic rings. The van der Waals surface area contributed by atoms with E-state index in [2.05, 4.69) is 52.4 Å². The van der Waals surface area contributed by atoms with E-state index in [4.69, 9.17) is 8.23 Å². The molecule has 17 heavy (non-hydrogen) atoms. The van der Waals surface area contributed by atoms with E-state index in [0.717, 1.165) is 12.1 Å². The highest BCUT2D eigenvalue weighted by atomic mass is 28.5. The Labute approximate surface area is 110 Å². The molecule has 0 bridgehead atoms. The van der Waals surface area contributed by atoms with Gasteiger partial charge < -0.3 is 8.23 Å². The Morgan fingerprint density at radius 2 is 1.06 bits per heavy atom. The molecule has 0 unspecified atom stereocenters. The second-order valence-electron chi connectivity index (χ2n) is 6.11. The lowest BCUT2D eigenvalue weighted by Crippen LogP contribution is -2.52. The molecule has 0 atom stereocenters. The highest BCUT2D eigenvalue weighted by molar-refractivity contribution is 6.88. The standard InChI is InChI=1S/C12H28O2Si3/c1-9-11-15(3,4)13-17(7,8)14-16(5,6)12-10-2/h9-10H,1-2,11-12H2,3-8H3.